The Bertz CT molecular complexity index is 580. The molecule has 3 nitrogen and oxygen atoms in total. The smallest absolute Gasteiger partial charge is 0.346 e. The fourth-order valence-electron chi connectivity index (χ4n) is 1.32. The summed E-state index contributed by atoms with van der Waals surface area (Å²) >= 11 is 1.01. The Morgan fingerprint density at radius 2 is 2.11 bits per heavy atom. The normalized spacial score (nSPS) is 10.3. The lowest BCUT2D eigenvalue weighted by molar-refractivity contribution is 0.0702. The van der Waals surface area contributed by atoms with E-state index < -0.39 is 17.6 Å². The predicted molar refractivity (Wildman–Crippen MR) is 62.0 cm³/mol. The Hall–Kier alpha value is -1.95. The van der Waals surface area contributed by atoms with Crippen molar-refractivity contribution in [1.82, 2.24) is 0 Å². The minimum Gasteiger partial charge on any atom is -0.488 e. The summed E-state index contributed by atoms with van der Waals surface area (Å²) in [6, 6.07) is 4.42. The molecule has 2 rings (SSSR count). The van der Waals surface area contributed by atoms with Crippen molar-refractivity contribution >= 4 is 17.3 Å². The van der Waals surface area contributed by atoms with Crippen molar-refractivity contribution in [2.75, 3.05) is 0 Å². The van der Waals surface area contributed by atoms with Crippen LogP contribution in [-0.4, -0.2) is 11.1 Å². The first-order valence-corrected chi connectivity index (χ1v) is 5.83. The van der Waals surface area contributed by atoms with Crippen LogP contribution in [0, 0.1) is 11.6 Å². The lowest BCUT2D eigenvalue weighted by Crippen LogP contribution is -1.98. The van der Waals surface area contributed by atoms with Gasteiger partial charge in [0.25, 0.3) is 0 Å². The molecule has 0 unspecified atom stereocenters. The minimum absolute atomic E-state index is 0.0816. The second kappa shape index (κ2) is 5.14. The van der Waals surface area contributed by atoms with Crippen molar-refractivity contribution in [3.8, 4) is 5.75 Å². The zero-order valence-electron chi connectivity index (χ0n) is 9.02. The Balaban J connectivity index is 2.06. The van der Waals surface area contributed by atoms with Crippen molar-refractivity contribution in [3.05, 3.63) is 51.7 Å². The maximum Gasteiger partial charge on any atom is 0.346 e. The summed E-state index contributed by atoms with van der Waals surface area (Å²) in [5.74, 6) is -1.84. The molecule has 0 saturated carbocycles. The summed E-state index contributed by atoms with van der Waals surface area (Å²) in [6.45, 7) is -0.153. The summed E-state index contributed by atoms with van der Waals surface area (Å²) in [5, 5.41) is 10.2. The minimum atomic E-state index is -1.05. The van der Waals surface area contributed by atoms with Gasteiger partial charge in [0.1, 0.15) is 28.9 Å². The van der Waals surface area contributed by atoms with E-state index in [1.165, 1.54) is 11.4 Å². The van der Waals surface area contributed by atoms with Crippen LogP contribution < -0.4 is 4.74 Å². The van der Waals surface area contributed by atoms with Crippen LogP contribution in [0.25, 0.3) is 0 Å². The summed E-state index contributed by atoms with van der Waals surface area (Å²) in [4.78, 5) is 10.8. The number of thiophene rings is 1. The van der Waals surface area contributed by atoms with Gasteiger partial charge < -0.3 is 9.84 Å². The molecule has 0 aliphatic carbocycles. The number of carbonyl (C=O) groups is 1. The monoisotopic (exact) mass is 270 g/mol. The van der Waals surface area contributed by atoms with Crippen molar-refractivity contribution in [3.63, 3.8) is 0 Å². The average molecular weight is 270 g/mol. The third-order valence-corrected chi connectivity index (χ3v) is 3.08. The van der Waals surface area contributed by atoms with E-state index in [1.807, 2.05) is 0 Å². The highest BCUT2D eigenvalue weighted by atomic mass is 32.1. The zero-order valence-corrected chi connectivity index (χ0v) is 9.84. The molecular weight excluding hydrogens is 262 g/mol. The van der Waals surface area contributed by atoms with E-state index in [2.05, 4.69) is 0 Å². The average Bonchev–Trinajstić information content (AvgIpc) is 2.79. The van der Waals surface area contributed by atoms with Crippen molar-refractivity contribution in [2.24, 2.45) is 0 Å². The fraction of sp³-hybridized carbons (Fsp3) is 0.0833. The van der Waals surface area contributed by atoms with Gasteiger partial charge in [-0.2, -0.15) is 0 Å². The molecule has 0 amide bonds. The van der Waals surface area contributed by atoms with Crippen LogP contribution in [-0.2, 0) is 6.61 Å². The standard InChI is InChI=1S/C12H8F2O3S/c13-8-1-2-10(14)7(3-8)5-17-9-4-11(12(15)16)18-6-9/h1-4,6H,5H2,(H,15,16). The molecule has 0 bridgehead atoms. The van der Waals surface area contributed by atoms with E-state index >= 15 is 0 Å². The van der Waals surface area contributed by atoms with Gasteiger partial charge in [-0.1, -0.05) is 0 Å². The number of hydrogen-bond acceptors (Lipinski definition) is 3. The highest BCUT2D eigenvalue weighted by Crippen LogP contribution is 2.23. The van der Waals surface area contributed by atoms with Crippen LogP contribution in [0.4, 0.5) is 8.78 Å². The molecule has 1 aromatic carbocycles. The predicted octanol–water partition coefficient (Wildman–Crippen LogP) is 3.30. The van der Waals surface area contributed by atoms with Crippen LogP contribution >= 0.6 is 11.3 Å². The molecule has 18 heavy (non-hydrogen) atoms. The van der Waals surface area contributed by atoms with E-state index in [-0.39, 0.29) is 17.0 Å². The number of aromatic carboxylic acids is 1. The second-order valence-corrected chi connectivity index (χ2v) is 4.39. The first kappa shape index (κ1) is 12.5. The third-order valence-electron chi connectivity index (χ3n) is 2.19. The topological polar surface area (TPSA) is 46.5 Å². The molecule has 1 aromatic heterocycles. The molecule has 6 heteroatoms. The highest BCUT2D eigenvalue weighted by molar-refractivity contribution is 7.12. The van der Waals surface area contributed by atoms with Crippen LogP contribution in [0.15, 0.2) is 29.6 Å². The van der Waals surface area contributed by atoms with Gasteiger partial charge in [-0.25, -0.2) is 13.6 Å². The molecule has 0 saturated heterocycles. The van der Waals surface area contributed by atoms with Crippen LogP contribution in [0.1, 0.15) is 15.2 Å². The molecule has 0 aliphatic heterocycles. The first-order chi connectivity index (χ1) is 8.56. The fourth-order valence-corrected chi connectivity index (χ4v) is 1.99. The molecule has 0 spiro atoms. The van der Waals surface area contributed by atoms with E-state index in [4.69, 9.17) is 9.84 Å². The molecule has 2 aromatic rings. The van der Waals surface area contributed by atoms with Gasteiger partial charge in [0.15, 0.2) is 0 Å². The second-order valence-electron chi connectivity index (χ2n) is 3.48. The first-order valence-electron chi connectivity index (χ1n) is 4.95. The van der Waals surface area contributed by atoms with Gasteiger partial charge in [0, 0.05) is 17.0 Å². The van der Waals surface area contributed by atoms with Crippen LogP contribution in [0.5, 0.6) is 5.75 Å². The summed E-state index contributed by atoms with van der Waals surface area (Å²) in [7, 11) is 0. The van der Waals surface area contributed by atoms with Gasteiger partial charge >= 0.3 is 5.97 Å². The molecule has 94 valence electrons. The highest BCUT2D eigenvalue weighted by Gasteiger charge is 2.09. The van der Waals surface area contributed by atoms with Gasteiger partial charge in [0.05, 0.1) is 0 Å². The van der Waals surface area contributed by atoms with Crippen molar-refractivity contribution in [1.29, 1.82) is 0 Å². The SMILES string of the molecule is O=C(O)c1cc(OCc2cc(F)ccc2F)cs1. The van der Waals surface area contributed by atoms with Crippen molar-refractivity contribution < 1.29 is 23.4 Å². The maximum absolute atomic E-state index is 13.3. The van der Waals surface area contributed by atoms with Crippen LogP contribution in [0.3, 0.4) is 0 Å². The van der Waals surface area contributed by atoms with Crippen LogP contribution in [0.2, 0.25) is 0 Å². The Kier molecular flexibility index (Phi) is 3.57. The molecule has 0 fully saturated rings. The van der Waals surface area contributed by atoms with E-state index in [0.29, 0.717) is 5.75 Å². The Morgan fingerprint density at radius 1 is 1.33 bits per heavy atom. The lowest BCUT2D eigenvalue weighted by Gasteiger charge is -2.05. The number of rotatable bonds is 4. The van der Waals surface area contributed by atoms with Gasteiger partial charge in [-0.15, -0.1) is 11.3 Å². The van der Waals surface area contributed by atoms with E-state index in [0.717, 1.165) is 29.5 Å². The molecule has 0 aliphatic rings. The number of halogens is 2. The number of ether oxygens (including phenoxy) is 1. The Labute approximate surface area is 105 Å². The third kappa shape index (κ3) is 2.84. The Morgan fingerprint density at radius 3 is 2.78 bits per heavy atom. The van der Waals surface area contributed by atoms with Gasteiger partial charge in [-0.3, -0.25) is 0 Å². The number of carboxylic acids is 1. The van der Waals surface area contributed by atoms with Gasteiger partial charge in [0.2, 0.25) is 0 Å². The molecular formula is C12H8F2O3S. The van der Waals surface area contributed by atoms with Gasteiger partial charge in [-0.05, 0) is 18.2 Å². The van der Waals surface area contributed by atoms with E-state index in [1.54, 1.807) is 0 Å². The summed E-state index contributed by atoms with van der Waals surface area (Å²) in [6.07, 6.45) is 0. The van der Waals surface area contributed by atoms with Crippen molar-refractivity contribution in [2.45, 2.75) is 6.61 Å². The van der Waals surface area contributed by atoms with E-state index in [9.17, 15) is 13.6 Å². The molecule has 0 atom stereocenters. The summed E-state index contributed by atoms with van der Waals surface area (Å²) < 4.78 is 31.4. The summed E-state index contributed by atoms with van der Waals surface area (Å²) in [5.41, 5.74) is 0.0816. The molecule has 1 heterocycles. The zero-order chi connectivity index (χ0) is 13.1. The lowest BCUT2D eigenvalue weighted by atomic mass is 10.2. The molecule has 0 radical (unpaired) electrons. The maximum atomic E-state index is 13.3. The number of carboxylic acid groups (broad SMARTS) is 1. The number of hydrogen-bond donors (Lipinski definition) is 1. The largest absolute Gasteiger partial charge is 0.488 e. The quantitative estimate of drug-likeness (QED) is 0.927. The number of benzene rings is 1. The molecule has 1 N–H and O–H groups in total.